The Labute approximate surface area is 142 Å². The summed E-state index contributed by atoms with van der Waals surface area (Å²) in [6.45, 7) is 0. The molecule has 0 amide bonds. The molecule has 0 aliphatic rings. The van der Waals surface area contributed by atoms with Crippen LogP contribution in [0.4, 0.5) is 0 Å². The van der Waals surface area contributed by atoms with Gasteiger partial charge in [0, 0.05) is 40.1 Å². The van der Waals surface area contributed by atoms with Gasteiger partial charge >= 0.3 is 0 Å². The van der Waals surface area contributed by atoms with Crippen LogP contribution < -0.4 is 0 Å². The van der Waals surface area contributed by atoms with Crippen LogP contribution in [0.15, 0.2) is 61.3 Å². The molecule has 0 fully saturated rings. The summed E-state index contributed by atoms with van der Waals surface area (Å²) in [5.74, 6) is -0.297. The Morgan fingerprint density at radius 3 is 2.71 bits per heavy atom. The van der Waals surface area contributed by atoms with E-state index in [0.29, 0.717) is 5.02 Å². The molecule has 6 heteroatoms. The summed E-state index contributed by atoms with van der Waals surface area (Å²) in [4.78, 5) is 7.37. The fourth-order valence-corrected chi connectivity index (χ4v) is 3.16. The van der Waals surface area contributed by atoms with Crippen LogP contribution in [-0.4, -0.2) is 24.7 Å². The number of aromatic hydroxyl groups is 2. The van der Waals surface area contributed by atoms with Crippen molar-refractivity contribution in [2.24, 2.45) is 0 Å². The summed E-state index contributed by atoms with van der Waals surface area (Å²) in [7, 11) is 0. The van der Waals surface area contributed by atoms with Crippen LogP contribution in [0, 0.1) is 0 Å². The van der Waals surface area contributed by atoms with Crippen molar-refractivity contribution in [2.45, 2.75) is 6.04 Å². The number of nitrogens with one attached hydrogen (secondary N) is 1. The molecule has 0 aliphatic heterocycles. The van der Waals surface area contributed by atoms with Crippen LogP contribution in [-0.2, 0) is 0 Å². The quantitative estimate of drug-likeness (QED) is 0.493. The third kappa shape index (κ3) is 2.39. The first-order valence-electron chi connectivity index (χ1n) is 7.39. The minimum Gasteiger partial charge on any atom is -0.504 e. The lowest BCUT2D eigenvalue weighted by atomic mass is 9.97. The Kier molecular flexibility index (Phi) is 3.43. The Balaban J connectivity index is 1.94. The second-order valence-corrected chi connectivity index (χ2v) is 6.03. The van der Waals surface area contributed by atoms with Gasteiger partial charge in [0.15, 0.2) is 11.5 Å². The number of nitrogens with zero attached hydrogens (tertiary/aromatic N) is 2. The molecule has 3 N–H and O–H groups in total. The SMILES string of the molecule is Oc1ccc(C(c2c[nH]c3cc(Cl)ccc23)n2ccnc2)cc1O. The minimum atomic E-state index is -0.200. The van der Waals surface area contributed by atoms with Gasteiger partial charge in [-0.2, -0.15) is 0 Å². The predicted molar refractivity (Wildman–Crippen MR) is 92.5 cm³/mol. The topological polar surface area (TPSA) is 74.1 Å². The highest BCUT2D eigenvalue weighted by molar-refractivity contribution is 6.31. The average Bonchev–Trinajstić information content (AvgIpc) is 3.22. The van der Waals surface area contributed by atoms with E-state index < -0.39 is 0 Å². The number of rotatable bonds is 3. The molecule has 4 aromatic rings. The number of aromatic amines is 1. The summed E-state index contributed by atoms with van der Waals surface area (Å²) in [5, 5.41) is 21.2. The van der Waals surface area contributed by atoms with Crippen molar-refractivity contribution in [1.82, 2.24) is 14.5 Å². The fraction of sp³-hybridized carbons (Fsp3) is 0.0556. The van der Waals surface area contributed by atoms with Gasteiger partial charge in [0.1, 0.15) is 0 Å². The molecule has 1 atom stereocenters. The van der Waals surface area contributed by atoms with Crippen molar-refractivity contribution in [3.05, 3.63) is 77.5 Å². The van der Waals surface area contributed by atoms with Gasteiger partial charge in [-0.05, 0) is 29.8 Å². The van der Waals surface area contributed by atoms with Crippen molar-refractivity contribution in [3.8, 4) is 11.5 Å². The van der Waals surface area contributed by atoms with Crippen molar-refractivity contribution in [2.75, 3.05) is 0 Å². The number of imidazole rings is 1. The zero-order chi connectivity index (χ0) is 16.7. The molecule has 4 rings (SSSR count). The summed E-state index contributed by atoms with van der Waals surface area (Å²) in [5.41, 5.74) is 2.79. The van der Waals surface area contributed by atoms with E-state index in [9.17, 15) is 10.2 Å². The van der Waals surface area contributed by atoms with E-state index in [1.807, 2.05) is 35.2 Å². The third-order valence-electron chi connectivity index (χ3n) is 4.11. The van der Waals surface area contributed by atoms with E-state index in [0.717, 1.165) is 22.0 Å². The number of phenols is 2. The van der Waals surface area contributed by atoms with E-state index in [2.05, 4.69) is 9.97 Å². The lowest BCUT2D eigenvalue weighted by Crippen LogP contribution is -2.10. The van der Waals surface area contributed by atoms with Crippen LogP contribution in [0.3, 0.4) is 0 Å². The maximum absolute atomic E-state index is 9.89. The maximum Gasteiger partial charge on any atom is 0.157 e. The Bertz CT molecular complexity index is 1010. The summed E-state index contributed by atoms with van der Waals surface area (Å²) < 4.78 is 1.95. The Morgan fingerprint density at radius 1 is 1.08 bits per heavy atom. The van der Waals surface area contributed by atoms with Gasteiger partial charge in [0.2, 0.25) is 0 Å². The van der Waals surface area contributed by atoms with E-state index in [-0.39, 0.29) is 17.5 Å². The first-order chi connectivity index (χ1) is 11.6. The first kappa shape index (κ1) is 14.7. The number of hydrogen-bond donors (Lipinski definition) is 3. The minimum absolute atomic E-state index is 0.145. The Hall–Kier alpha value is -2.92. The number of H-pyrrole nitrogens is 1. The number of halogens is 1. The maximum atomic E-state index is 9.89. The van der Waals surface area contributed by atoms with Crippen LogP contribution in [0.25, 0.3) is 10.9 Å². The van der Waals surface area contributed by atoms with Gasteiger partial charge in [-0.15, -0.1) is 0 Å². The van der Waals surface area contributed by atoms with Gasteiger partial charge in [-0.3, -0.25) is 0 Å². The standard InChI is InChI=1S/C18H14ClN3O2/c19-12-2-3-13-14(9-21-15(13)8-12)18(22-6-5-20-10-22)11-1-4-16(23)17(24)7-11/h1-10,18,21,23-24H. The molecule has 2 heterocycles. The zero-order valence-corrected chi connectivity index (χ0v) is 13.3. The van der Waals surface area contributed by atoms with Crippen LogP contribution in [0.1, 0.15) is 17.2 Å². The molecular formula is C18H14ClN3O2. The molecule has 0 aliphatic carbocycles. The second kappa shape index (κ2) is 5.62. The molecule has 0 saturated heterocycles. The van der Waals surface area contributed by atoms with Crippen LogP contribution >= 0.6 is 11.6 Å². The van der Waals surface area contributed by atoms with E-state index in [1.54, 1.807) is 24.7 Å². The molecule has 120 valence electrons. The molecular weight excluding hydrogens is 326 g/mol. The van der Waals surface area contributed by atoms with E-state index in [1.165, 1.54) is 6.07 Å². The molecule has 24 heavy (non-hydrogen) atoms. The molecule has 0 saturated carbocycles. The van der Waals surface area contributed by atoms with Crippen molar-refractivity contribution < 1.29 is 10.2 Å². The predicted octanol–water partition coefficient (Wildman–Crippen LogP) is 4.07. The van der Waals surface area contributed by atoms with E-state index >= 15 is 0 Å². The average molecular weight is 340 g/mol. The molecule has 0 spiro atoms. The highest BCUT2D eigenvalue weighted by atomic mass is 35.5. The molecule has 1 unspecified atom stereocenters. The Morgan fingerprint density at radius 2 is 1.96 bits per heavy atom. The number of fused-ring (bicyclic) bond motifs is 1. The molecule has 2 aromatic carbocycles. The lowest BCUT2D eigenvalue weighted by molar-refractivity contribution is 0.402. The summed E-state index contributed by atoms with van der Waals surface area (Å²) >= 11 is 6.07. The third-order valence-corrected chi connectivity index (χ3v) is 4.34. The lowest BCUT2D eigenvalue weighted by Gasteiger charge is -2.19. The smallest absolute Gasteiger partial charge is 0.157 e. The van der Waals surface area contributed by atoms with Gasteiger partial charge in [-0.25, -0.2) is 4.98 Å². The van der Waals surface area contributed by atoms with Gasteiger partial charge < -0.3 is 19.8 Å². The molecule has 2 aromatic heterocycles. The molecule has 0 bridgehead atoms. The first-order valence-corrected chi connectivity index (χ1v) is 7.77. The number of benzene rings is 2. The van der Waals surface area contributed by atoms with Crippen LogP contribution in [0.2, 0.25) is 5.02 Å². The van der Waals surface area contributed by atoms with Gasteiger partial charge in [0.05, 0.1) is 12.4 Å². The monoisotopic (exact) mass is 339 g/mol. The number of aromatic nitrogens is 3. The molecule has 5 nitrogen and oxygen atoms in total. The highest BCUT2D eigenvalue weighted by Gasteiger charge is 2.21. The zero-order valence-electron chi connectivity index (χ0n) is 12.5. The number of phenolic OH excluding ortho intramolecular Hbond substituents is 2. The normalized spacial score (nSPS) is 12.5. The van der Waals surface area contributed by atoms with Crippen LogP contribution in [0.5, 0.6) is 11.5 Å². The van der Waals surface area contributed by atoms with Crippen molar-refractivity contribution in [3.63, 3.8) is 0 Å². The largest absolute Gasteiger partial charge is 0.504 e. The second-order valence-electron chi connectivity index (χ2n) is 5.59. The highest BCUT2D eigenvalue weighted by Crippen LogP contribution is 2.36. The fourth-order valence-electron chi connectivity index (χ4n) is 2.99. The summed E-state index contributed by atoms with van der Waals surface area (Å²) in [6.07, 6.45) is 7.22. The molecule has 0 radical (unpaired) electrons. The van der Waals surface area contributed by atoms with Crippen molar-refractivity contribution in [1.29, 1.82) is 0 Å². The van der Waals surface area contributed by atoms with Gasteiger partial charge in [0.25, 0.3) is 0 Å². The number of hydrogen-bond acceptors (Lipinski definition) is 3. The summed E-state index contributed by atoms with van der Waals surface area (Å²) in [6, 6.07) is 10.3. The van der Waals surface area contributed by atoms with E-state index in [4.69, 9.17) is 11.6 Å². The van der Waals surface area contributed by atoms with Gasteiger partial charge in [-0.1, -0.05) is 23.7 Å². The van der Waals surface area contributed by atoms with Crippen molar-refractivity contribution >= 4 is 22.5 Å².